The Hall–Kier alpha value is -3.55. The van der Waals surface area contributed by atoms with Gasteiger partial charge in [0.25, 0.3) is 11.8 Å². The standard InChI is InChI=1S/C28H37N3O5/c1-4-5-8-16-35-27-23(12-9-13-25(27)34-3)18-29-31-28(33)20(2)30-26(32)19-36-24-15-14-21-10-6-7-11-22(21)17-24/h9,12-15,17-18,20H,4-8,10-11,16,19H2,1-3H3,(H,30,32)(H,31,33)/b29-18+. The number of hydrazone groups is 1. The van der Waals surface area contributed by atoms with Crippen LogP contribution in [0.15, 0.2) is 41.5 Å². The number of fused-ring (bicyclic) bond motifs is 1. The summed E-state index contributed by atoms with van der Waals surface area (Å²) >= 11 is 0. The molecule has 0 fully saturated rings. The van der Waals surface area contributed by atoms with E-state index in [0.29, 0.717) is 29.4 Å². The van der Waals surface area contributed by atoms with Gasteiger partial charge in [-0.05, 0) is 74.4 Å². The van der Waals surface area contributed by atoms with Crippen LogP contribution in [0, 0.1) is 0 Å². The molecule has 3 rings (SSSR count). The topological polar surface area (TPSA) is 98.2 Å². The lowest BCUT2D eigenvalue weighted by molar-refractivity contribution is -0.129. The fourth-order valence-electron chi connectivity index (χ4n) is 4.04. The zero-order chi connectivity index (χ0) is 25.8. The third-order valence-corrected chi connectivity index (χ3v) is 6.06. The molecular formula is C28H37N3O5. The molecule has 36 heavy (non-hydrogen) atoms. The number of para-hydroxylation sites is 1. The number of nitrogens with one attached hydrogen (secondary N) is 2. The van der Waals surface area contributed by atoms with Crippen molar-refractivity contribution in [2.24, 2.45) is 5.10 Å². The number of carbonyl (C=O) groups is 2. The largest absolute Gasteiger partial charge is 0.493 e. The molecule has 0 aromatic heterocycles. The van der Waals surface area contributed by atoms with Crippen LogP contribution in [0.1, 0.15) is 62.6 Å². The monoisotopic (exact) mass is 495 g/mol. The Morgan fingerprint density at radius 1 is 1.08 bits per heavy atom. The van der Waals surface area contributed by atoms with E-state index in [9.17, 15) is 9.59 Å². The Labute approximate surface area is 213 Å². The number of methoxy groups -OCH3 is 1. The van der Waals surface area contributed by atoms with Crippen molar-refractivity contribution in [1.82, 2.24) is 10.7 Å². The van der Waals surface area contributed by atoms with Crippen LogP contribution in [0.2, 0.25) is 0 Å². The number of carbonyl (C=O) groups excluding carboxylic acids is 2. The lowest BCUT2D eigenvalue weighted by Gasteiger charge is -2.17. The molecule has 0 saturated heterocycles. The summed E-state index contributed by atoms with van der Waals surface area (Å²) in [6, 6.07) is 10.7. The third kappa shape index (κ3) is 8.00. The van der Waals surface area contributed by atoms with Crippen LogP contribution < -0.4 is 25.0 Å². The average Bonchev–Trinajstić information content (AvgIpc) is 2.90. The number of nitrogens with zero attached hydrogens (tertiary/aromatic N) is 1. The zero-order valence-corrected chi connectivity index (χ0v) is 21.5. The average molecular weight is 496 g/mol. The van der Waals surface area contributed by atoms with Crippen LogP contribution >= 0.6 is 0 Å². The van der Waals surface area contributed by atoms with E-state index in [2.05, 4.69) is 28.8 Å². The van der Waals surface area contributed by atoms with Crippen molar-refractivity contribution in [1.29, 1.82) is 0 Å². The molecule has 2 aromatic carbocycles. The Bertz CT molecular complexity index is 1050. The molecule has 2 N–H and O–H groups in total. The highest BCUT2D eigenvalue weighted by molar-refractivity contribution is 5.90. The first-order chi connectivity index (χ1) is 17.5. The summed E-state index contributed by atoms with van der Waals surface area (Å²) in [4.78, 5) is 24.7. The summed E-state index contributed by atoms with van der Waals surface area (Å²) in [5, 5.41) is 6.68. The van der Waals surface area contributed by atoms with Crippen LogP contribution in [0.5, 0.6) is 17.2 Å². The van der Waals surface area contributed by atoms with Gasteiger partial charge < -0.3 is 19.5 Å². The molecule has 1 atom stereocenters. The minimum Gasteiger partial charge on any atom is -0.493 e. The highest BCUT2D eigenvalue weighted by atomic mass is 16.5. The molecule has 1 aliphatic rings. The zero-order valence-electron chi connectivity index (χ0n) is 21.5. The Balaban J connectivity index is 1.47. The van der Waals surface area contributed by atoms with Crippen LogP contribution in [0.3, 0.4) is 0 Å². The quantitative estimate of drug-likeness (QED) is 0.247. The first-order valence-electron chi connectivity index (χ1n) is 12.7. The maximum Gasteiger partial charge on any atom is 0.262 e. The molecule has 2 aromatic rings. The Morgan fingerprint density at radius 2 is 1.89 bits per heavy atom. The van der Waals surface area contributed by atoms with Gasteiger partial charge >= 0.3 is 0 Å². The van der Waals surface area contributed by atoms with Gasteiger partial charge in [-0.25, -0.2) is 5.43 Å². The van der Waals surface area contributed by atoms with Gasteiger partial charge in [0, 0.05) is 5.56 Å². The van der Waals surface area contributed by atoms with Crippen LogP contribution in [-0.4, -0.2) is 44.4 Å². The highest BCUT2D eigenvalue weighted by Crippen LogP contribution is 2.30. The first-order valence-corrected chi connectivity index (χ1v) is 12.7. The van der Waals surface area contributed by atoms with E-state index in [1.54, 1.807) is 14.0 Å². The van der Waals surface area contributed by atoms with E-state index in [1.807, 2.05) is 30.3 Å². The van der Waals surface area contributed by atoms with Crippen molar-refractivity contribution in [3.63, 3.8) is 0 Å². The summed E-state index contributed by atoms with van der Waals surface area (Å²) in [5.41, 5.74) is 5.79. The predicted octanol–water partition coefficient (Wildman–Crippen LogP) is 4.18. The highest BCUT2D eigenvalue weighted by Gasteiger charge is 2.16. The van der Waals surface area contributed by atoms with Crippen LogP contribution in [-0.2, 0) is 22.4 Å². The number of rotatable bonds is 13. The minimum atomic E-state index is -0.781. The number of aryl methyl sites for hydroxylation is 2. The second-order valence-electron chi connectivity index (χ2n) is 8.88. The Morgan fingerprint density at radius 3 is 2.67 bits per heavy atom. The third-order valence-electron chi connectivity index (χ3n) is 6.06. The number of hydrogen-bond donors (Lipinski definition) is 2. The molecule has 8 nitrogen and oxygen atoms in total. The minimum absolute atomic E-state index is 0.164. The fourth-order valence-corrected chi connectivity index (χ4v) is 4.04. The molecule has 1 unspecified atom stereocenters. The normalized spacial score (nSPS) is 13.5. The summed E-state index contributed by atoms with van der Waals surface area (Å²) < 4.78 is 17.0. The molecule has 0 heterocycles. The molecule has 194 valence electrons. The Kier molecular flexibility index (Phi) is 10.6. The lowest BCUT2D eigenvalue weighted by atomic mass is 9.92. The summed E-state index contributed by atoms with van der Waals surface area (Å²) in [6.45, 7) is 4.13. The maximum atomic E-state index is 12.4. The second-order valence-corrected chi connectivity index (χ2v) is 8.88. The second kappa shape index (κ2) is 14.1. The van der Waals surface area contributed by atoms with E-state index in [4.69, 9.17) is 14.2 Å². The van der Waals surface area contributed by atoms with E-state index in [-0.39, 0.29) is 12.5 Å². The molecular weight excluding hydrogens is 458 g/mol. The smallest absolute Gasteiger partial charge is 0.262 e. The van der Waals surface area contributed by atoms with Crippen molar-refractivity contribution in [3.05, 3.63) is 53.1 Å². The molecule has 0 radical (unpaired) electrons. The molecule has 1 aliphatic carbocycles. The van der Waals surface area contributed by atoms with Gasteiger partial charge in [0.2, 0.25) is 0 Å². The van der Waals surface area contributed by atoms with E-state index in [0.717, 1.165) is 32.1 Å². The van der Waals surface area contributed by atoms with Crippen molar-refractivity contribution in [2.75, 3.05) is 20.3 Å². The first kappa shape index (κ1) is 27.0. The van der Waals surface area contributed by atoms with Gasteiger partial charge in [-0.2, -0.15) is 5.10 Å². The molecule has 0 bridgehead atoms. The molecule has 0 spiro atoms. The van der Waals surface area contributed by atoms with E-state index in [1.165, 1.54) is 30.2 Å². The van der Waals surface area contributed by atoms with Gasteiger partial charge in [0.05, 0.1) is 19.9 Å². The van der Waals surface area contributed by atoms with E-state index < -0.39 is 11.9 Å². The maximum absolute atomic E-state index is 12.4. The SMILES string of the molecule is CCCCCOc1c(/C=N/NC(=O)C(C)NC(=O)COc2ccc3c(c2)CCCC3)cccc1OC. The van der Waals surface area contributed by atoms with Crippen LogP contribution in [0.25, 0.3) is 0 Å². The van der Waals surface area contributed by atoms with Crippen molar-refractivity contribution >= 4 is 18.0 Å². The van der Waals surface area contributed by atoms with Crippen molar-refractivity contribution < 1.29 is 23.8 Å². The predicted molar refractivity (Wildman–Crippen MR) is 140 cm³/mol. The fraction of sp³-hybridized carbons (Fsp3) is 0.464. The van der Waals surface area contributed by atoms with Crippen LogP contribution in [0.4, 0.5) is 0 Å². The number of benzene rings is 2. The van der Waals surface area contributed by atoms with E-state index >= 15 is 0 Å². The number of unbranched alkanes of at least 4 members (excludes halogenated alkanes) is 2. The lowest BCUT2D eigenvalue weighted by Crippen LogP contribution is -2.45. The number of ether oxygens (including phenoxy) is 3. The molecule has 0 saturated carbocycles. The van der Waals surface area contributed by atoms with Crippen molar-refractivity contribution in [2.45, 2.75) is 64.8 Å². The van der Waals surface area contributed by atoms with Gasteiger partial charge in [-0.3, -0.25) is 9.59 Å². The summed E-state index contributed by atoms with van der Waals surface area (Å²) in [6.07, 6.45) is 9.15. The molecule has 8 heteroatoms. The van der Waals surface area contributed by atoms with Gasteiger partial charge in [-0.1, -0.05) is 31.9 Å². The number of amides is 2. The molecule has 0 aliphatic heterocycles. The van der Waals surface area contributed by atoms with Gasteiger partial charge in [0.1, 0.15) is 11.8 Å². The van der Waals surface area contributed by atoms with Gasteiger partial charge in [-0.15, -0.1) is 0 Å². The number of hydrogen-bond acceptors (Lipinski definition) is 6. The molecule has 2 amide bonds. The summed E-state index contributed by atoms with van der Waals surface area (Å²) in [7, 11) is 1.58. The summed E-state index contributed by atoms with van der Waals surface area (Å²) in [5.74, 6) is 1.02. The van der Waals surface area contributed by atoms with Crippen molar-refractivity contribution in [3.8, 4) is 17.2 Å². The van der Waals surface area contributed by atoms with Gasteiger partial charge in [0.15, 0.2) is 18.1 Å².